The van der Waals surface area contributed by atoms with Crippen molar-refractivity contribution in [2.45, 2.75) is 12.7 Å². The molecule has 0 aliphatic carbocycles. The van der Waals surface area contributed by atoms with E-state index in [-0.39, 0.29) is 18.2 Å². The van der Waals surface area contributed by atoms with Gasteiger partial charge in [0, 0.05) is 36.6 Å². The van der Waals surface area contributed by atoms with Gasteiger partial charge in [0.05, 0.1) is 11.7 Å². The molecule has 2 aromatic carbocycles. The Kier molecular flexibility index (Phi) is 6.16. The molecule has 0 spiro atoms. The Morgan fingerprint density at radius 3 is 2.61 bits per heavy atom. The van der Waals surface area contributed by atoms with Crippen LogP contribution in [0.3, 0.4) is 0 Å². The number of aromatic nitrogens is 4. The van der Waals surface area contributed by atoms with E-state index in [1.165, 1.54) is 6.07 Å². The van der Waals surface area contributed by atoms with Crippen LogP contribution in [0.2, 0.25) is 0 Å². The van der Waals surface area contributed by atoms with Gasteiger partial charge < -0.3 is 10.6 Å². The molecule has 0 unspecified atom stereocenters. The molecule has 0 radical (unpaired) electrons. The van der Waals surface area contributed by atoms with Crippen molar-refractivity contribution in [1.82, 2.24) is 24.5 Å². The number of thiol groups is 1. The number of hydrogen-bond acceptors (Lipinski definition) is 7. The lowest BCUT2D eigenvalue weighted by Crippen LogP contribution is -2.15. The first-order valence-corrected chi connectivity index (χ1v) is 10.7. The highest BCUT2D eigenvalue weighted by atomic mass is 32.2. The molecule has 0 aliphatic heterocycles. The normalized spacial score (nSPS) is 11.8. The van der Waals surface area contributed by atoms with Gasteiger partial charge in [0.2, 0.25) is 16.8 Å². The van der Waals surface area contributed by atoms with E-state index >= 15 is 0 Å². The van der Waals surface area contributed by atoms with Gasteiger partial charge in [-0.25, -0.2) is 18.1 Å². The van der Waals surface area contributed by atoms with Crippen molar-refractivity contribution >= 4 is 44.9 Å². The van der Waals surface area contributed by atoms with Gasteiger partial charge in [-0.15, -0.1) is 0 Å². The molecule has 0 aliphatic rings. The largest absolute Gasteiger partial charge is 0.421 e. The summed E-state index contributed by atoms with van der Waals surface area (Å²) in [6, 6.07) is 11.7. The van der Waals surface area contributed by atoms with E-state index in [1.54, 1.807) is 48.3 Å². The lowest BCUT2D eigenvalue weighted by atomic mass is 10.1. The van der Waals surface area contributed by atoms with Crippen LogP contribution in [0.25, 0.3) is 10.9 Å². The number of hydrogen-bond donors (Lipinski definition) is 4. The summed E-state index contributed by atoms with van der Waals surface area (Å²) in [6.45, 7) is -0.0931. The number of rotatable bonds is 7. The van der Waals surface area contributed by atoms with Crippen LogP contribution in [0, 0.1) is 0 Å². The number of alkyl halides is 3. The van der Waals surface area contributed by atoms with Gasteiger partial charge >= 0.3 is 6.18 Å². The zero-order valence-corrected chi connectivity index (χ0v) is 18.0. The summed E-state index contributed by atoms with van der Waals surface area (Å²) in [5.74, 6) is -0.522. The summed E-state index contributed by atoms with van der Waals surface area (Å²) in [4.78, 5) is 7.86. The second-order valence-electron chi connectivity index (χ2n) is 6.99. The van der Waals surface area contributed by atoms with Crippen molar-refractivity contribution in [1.29, 1.82) is 0 Å². The molecule has 172 valence electrons. The highest BCUT2D eigenvalue weighted by Crippen LogP contribution is 2.36. The minimum Gasteiger partial charge on any atom is -0.339 e. The monoisotopic (exact) mass is 477 g/mol. The molecule has 0 saturated carbocycles. The average Bonchev–Trinajstić information content (AvgIpc) is 3.12. The first-order valence-electron chi connectivity index (χ1n) is 9.56. The van der Waals surface area contributed by atoms with E-state index in [9.17, 15) is 21.6 Å². The van der Waals surface area contributed by atoms with Crippen LogP contribution in [0.1, 0.15) is 11.1 Å². The second-order valence-corrected chi connectivity index (χ2v) is 7.83. The van der Waals surface area contributed by atoms with Crippen molar-refractivity contribution in [3.63, 3.8) is 0 Å². The minimum absolute atomic E-state index is 0.0507. The molecule has 0 atom stereocenters. The maximum Gasteiger partial charge on any atom is 0.421 e. The second kappa shape index (κ2) is 9.03. The minimum atomic E-state index is -4.71. The van der Waals surface area contributed by atoms with Crippen molar-refractivity contribution in [3.05, 3.63) is 66.0 Å². The van der Waals surface area contributed by atoms with Gasteiger partial charge in [-0.2, -0.15) is 23.3 Å². The van der Waals surface area contributed by atoms with Crippen molar-refractivity contribution in [3.8, 4) is 0 Å². The highest BCUT2D eigenvalue weighted by molar-refractivity contribution is 7.70. The fourth-order valence-electron chi connectivity index (χ4n) is 3.17. The van der Waals surface area contributed by atoms with Gasteiger partial charge in [-0.1, -0.05) is 18.2 Å². The molecule has 2 heterocycles. The number of fused-ring (bicyclic) bond motifs is 1. The summed E-state index contributed by atoms with van der Waals surface area (Å²) in [5, 5.41) is 10.6. The number of halogens is 3. The maximum atomic E-state index is 13.6. The van der Waals surface area contributed by atoms with Gasteiger partial charge in [0.1, 0.15) is 11.4 Å². The fraction of sp³-hybridized carbons (Fsp3) is 0.150. The Bertz CT molecular complexity index is 1380. The molecule has 9 nitrogen and oxygen atoms in total. The van der Waals surface area contributed by atoms with Crippen LogP contribution in [0.4, 0.5) is 36.3 Å². The predicted octanol–water partition coefficient (Wildman–Crippen LogP) is 3.49. The van der Waals surface area contributed by atoms with E-state index in [0.29, 0.717) is 17.4 Å². The van der Waals surface area contributed by atoms with Crippen molar-refractivity contribution in [2.75, 3.05) is 10.6 Å². The van der Waals surface area contributed by atoms with E-state index in [1.807, 2.05) is 6.07 Å². The number of anilines is 4. The topological polar surface area (TPSA) is 114 Å². The number of nitrogens with one attached hydrogen (secondary N) is 3. The third kappa shape index (κ3) is 5.21. The Morgan fingerprint density at radius 1 is 1.06 bits per heavy atom. The fourth-order valence-corrected chi connectivity index (χ4v) is 3.47. The van der Waals surface area contributed by atoms with Gasteiger partial charge in [0.15, 0.2) is 0 Å². The summed E-state index contributed by atoms with van der Waals surface area (Å²) < 4.78 is 66.4. The van der Waals surface area contributed by atoms with Crippen molar-refractivity contribution < 1.29 is 21.6 Å². The third-order valence-corrected chi connectivity index (χ3v) is 5.18. The van der Waals surface area contributed by atoms with Crippen LogP contribution < -0.4 is 15.4 Å². The first-order chi connectivity index (χ1) is 15.7. The van der Waals surface area contributed by atoms with Gasteiger partial charge in [0.25, 0.3) is 0 Å². The molecular weight excluding hydrogens is 459 g/mol. The number of benzene rings is 2. The molecule has 0 fully saturated rings. The summed E-state index contributed by atoms with van der Waals surface area (Å²) in [7, 11) is -1.09. The molecule has 0 bridgehead atoms. The predicted molar refractivity (Wildman–Crippen MR) is 118 cm³/mol. The standard InChI is InChI=1S/C20H18F3N7O2S/c1-30-17-8-14(7-6-13(17)9-25-30)27-19-24-11-15(20(21,22)23)18(29-19)28-16-5-3-2-4-12(16)10-26-33(31)32/h2-9,11,33H,10H2,1H3,(H,26,31,32)(H2,24,27,28,29). The molecular formula is C20H18F3N7O2S. The lowest BCUT2D eigenvalue weighted by molar-refractivity contribution is -0.137. The SMILES string of the molecule is Cn1ncc2ccc(Nc3ncc(C(F)(F)F)c(Nc4ccccc4CN[SH](=O)=O)n3)cc21. The van der Waals surface area contributed by atoms with E-state index < -0.39 is 28.4 Å². The Hall–Kier alpha value is -3.71. The smallest absolute Gasteiger partial charge is 0.339 e. The quantitative estimate of drug-likeness (QED) is 0.301. The first kappa shape index (κ1) is 22.5. The molecule has 3 N–H and O–H groups in total. The zero-order chi connectivity index (χ0) is 23.6. The summed E-state index contributed by atoms with van der Waals surface area (Å²) in [6.07, 6.45) is -2.32. The Morgan fingerprint density at radius 2 is 1.85 bits per heavy atom. The maximum absolute atomic E-state index is 13.6. The Balaban J connectivity index is 1.68. The molecule has 2 aromatic heterocycles. The van der Waals surface area contributed by atoms with E-state index in [4.69, 9.17) is 0 Å². The molecule has 0 saturated heterocycles. The third-order valence-electron chi connectivity index (χ3n) is 4.77. The van der Waals surface area contributed by atoms with Gasteiger partial charge in [-0.3, -0.25) is 4.68 Å². The summed E-state index contributed by atoms with van der Waals surface area (Å²) in [5.41, 5.74) is 1.05. The van der Waals surface area contributed by atoms with Crippen LogP contribution in [-0.4, -0.2) is 28.2 Å². The van der Waals surface area contributed by atoms with Crippen molar-refractivity contribution in [2.24, 2.45) is 7.05 Å². The molecule has 4 rings (SSSR count). The van der Waals surface area contributed by atoms with E-state index in [2.05, 4.69) is 30.4 Å². The average molecular weight is 477 g/mol. The van der Waals surface area contributed by atoms with Crippen LogP contribution in [-0.2, 0) is 30.7 Å². The lowest BCUT2D eigenvalue weighted by Gasteiger charge is -2.16. The van der Waals surface area contributed by atoms with E-state index in [0.717, 1.165) is 10.9 Å². The molecule has 0 amide bonds. The highest BCUT2D eigenvalue weighted by Gasteiger charge is 2.35. The number of nitrogens with zero attached hydrogens (tertiary/aromatic N) is 4. The molecule has 33 heavy (non-hydrogen) atoms. The summed E-state index contributed by atoms with van der Waals surface area (Å²) >= 11 is 0. The Labute approximate surface area is 187 Å². The van der Waals surface area contributed by atoms with Crippen LogP contribution in [0.5, 0.6) is 0 Å². The van der Waals surface area contributed by atoms with Crippen LogP contribution in [0.15, 0.2) is 54.9 Å². The molecule has 13 heteroatoms. The van der Waals surface area contributed by atoms with Gasteiger partial charge in [-0.05, 0) is 29.8 Å². The molecule has 4 aromatic rings. The number of aryl methyl sites for hydroxylation is 1. The van der Waals surface area contributed by atoms with Crippen LogP contribution >= 0.6 is 0 Å². The zero-order valence-electron chi connectivity index (χ0n) is 17.1. The number of para-hydroxylation sites is 1.